The minimum Gasteiger partial charge on any atom is -0.465 e. The molecule has 0 N–H and O–H groups in total. The van der Waals surface area contributed by atoms with Crippen molar-refractivity contribution in [2.45, 2.75) is 53.4 Å². The van der Waals surface area contributed by atoms with Gasteiger partial charge in [0, 0.05) is 6.42 Å². The molecule has 0 saturated heterocycles. The fourth-order valence-electron chi connectivity index (χ4n) is 1.65. The molecule has 0 bridgehead atoms. The van der Waals surface area contributed by atoms with Gasteiger partial charge in [0.25, 0.3) is 0 Å². The summed E-state index contributed by atoms with van der Waals surface area (Å²) in [6.45, 7) is 12.7. The van der Waals surface area contributed by atoms with Gasteiger partial charge >= 0.3 is 5.97 Å². The predicted octanol–water partition coefficient (Wildman–Crippen LogP) is 4.12. The van der Waals surface area contributed by atoms with Gasteiger partial charge in [-0.3, -0.25) is 4.79 Å². The first-order valence-electron chi connectivity index (χ1n) is 6.87. The maximum Gasteiger partial charge on any atom is 0.311 e. The van der Waals surface area contributed by atoms with Gasteiger partial charge in [0.2, 0.25) is 0 Å². The molecule has 19 heavy (non-hydrogen) atoms. The maximum atomic E-state index is 11.6. The summed E-state index contributed by atoms with van der Waals surface area (Å²) in [6, 6.07) is 8.54. The molecular weight excluding hydrogens is 236 g/mol. The van der Waals surface area contributed by atoms with Crippen molar-refractivity contribution in [2.24, 2.45) is 5.41 Å². The van der Waals surface area contributed by atoms with E-state index in [0.717, 1.165) is 6.42 Å². The minimum atomic E-state index is -0.421. The van der Waals surface area contributed by atoms with Crippen LogP contribution in [0.2, 0.25) is 0 Å². The van der Waals surface area contributed by atoms with E-state index in [1.54, 1.807) is 0 Å². The van der Waals surface area contributed by atoms with E-state index in [2.05, 4.69) is 45.0 Å². The van der Waals surface area contributed by atoms with Crippen molar-refractivity contribution in [3.8, 4) is 0 Å². The van der Waals surface area contributed by atoms with Gasteiger partial charge in [-0.1, -0.05) is 45.0 Å². The molecule has 0 heterocycles. The van der Waals surface area contributed by atoms with E-state index in [1.807, 2.05) is 20.8 Å². The van der Waals surface area contributed by atoms with Crippen molar-refractivity contribution in [3.05, 3.63) is 35.4 Å². The summed E-state index contributed by atoms with van der Waals surface area (Å²) in [5.41, 5.74) is 2.28. The highest BCUT2D eigenvalue weighted by Crippen LogP contribution is 2.22. The molecule has 1 aromatic rings. The van der Waals surface area contributed by atoms with Gasteiger partial charge in [-0.2, -0.15) is 0 Å². The highest BCUT2D eigenvalue weighted by atomic mass is 16.5. The standard InChI is InChI=1S/C17H26O2/c1-16(2,3)14-9-7-13(8-10-14)11-12-19-15(18)17(4,5)6/h7-10H,11-12H2,1-6H3. The topological polar surface area (TPSA) is 26.3 Å². The zero-order valence-corrected chi connectivity index (χ0v) is 13.0. The molecule has 0 amide bonds. The quantitative estimate of drug-likeness (QED) is 0.766. The van der Waals surface area contributed by atoms with E-state index < -0.39 is 5.41 Å². The van der Waals surface area contributed by atoms with E-state index in [1.165, 1.54) is 11.1 Å². The van der Waals surface area contributed by atoms with Gasteiger partial charge < -0.3 is 4.74 Å². The zero-order chi connectivity index (χ0) is 14.7. The summed E-state index contributed by atoms with van der Waals surface area (Å²) in [7, 11) is 0. The molecule has 1 rings (SSSR count). The normalized spacial score (nSPS) is 12.3. The van der Waals surface area contributed by atoms with Crippen LogP contribution in [0.3, 0.4) is 0 Å². The van der Waals surface area contributed by atoms with Crippen LogP contribution in [0, 0.1) is 5.41 Å². The summed E-state index contributed by atoms with van der Waals surface area (Å²) in [5, 5.41) is 0. The van der Waals surface area contributed by atoms with E-state index in [9.17, 15) is 4.79 Å². The van der Waals surface area contributed by atoms with Gasteiger partial charge in [0.05, 0.1) is 12.0 Å². The summed E-state index contributed by atoms with van der Waals surface area (Å²) in [5.74, 6) is -0.140. The van der Waals surface area contributed by atoms with Crippen molar-refractivity contribution >= 4 is 5.97 Å². The van der Waals surface area contributed by atoms with E-state index >= 15 is 0 Å². The molecule has 106 valence electrons. The number of rotatable bonds is 3. The van der Waals surface area contributed by atoms with Crippen LogP contribution >= 0.6 is 0 Å². The molecular formula is C17H26O2. The van der Waals surface area contributed by atoms with Gasteiger partial charge in [-0.15, -0.1) is 0 Å². The van der Waals surface area contributed by atoms with Crippen LogP contribution in [-0.2, 0) is 21.4 Å². The Morgan fingerprint density at radius 2 is 1.53 bits per heavy atom. The molecule has 0 radical (unpaired) electrons. The lowest BCUT2D eigenvalue weighted by atomic mass is 9.86. The van der Waals surface area contributed by atoms with Gasteiger partial charge in [-0.25, -0.2) is 0 Å². The lowest BCUT2D eigenvalue weighted by Gasteiger charge is -2.19. The fraction of sp³-hybridized carbons (Fsp3) is 0.588. The second-order valence-corrected chi connectivity index (χ2v) is 7.08. The molecule has 0 fully saturated rings. The number of esters is 1. The molecule has 0 aliphatic rings. The Balaban J connectivity index is 2.50. The van der Waals surface area contributed by atoms with Crippen molar-refractivity contribution < 1.29 is 9.53 Å². The molecule has 0 spiro atoms. The van der Waals surface area contributed by atoms with Gasteiger partial charge in [0.15, 0.2) is 0 Å². The third kappa shape index (κ3) is 5.06. The van der Waals surface area contributed by atoms with E-state index in [4.69, 9.17) is 4.74 Å². The van der Waals surface area contributed by atoms with Crippen LogP contribution in [0.15, 0.2) is 24.3 Å². The SMILES string of the molecule is CC(C)(C)C(=O)OCCc1ccc(C(C)(C)C)cc1. The van der Waals surface area contributed by atoms with Crippen molar-refractivity contribution in [1.82, 2.24) is 0 Å². The van der Waals surface area contributed by atoms with Crippen LogP contribution in [0.1, 0.15) is 52.7 Å². The van der Waals surface area contributed by atoms with Crippen molar-refractivity contribution in [1.29, 1.82) is 0 Å². The second-order valence-electron chi connectivity index (χ2n) is 7.08. The third-order valence-corrected chi connectivity index (χ3v) is 3.06. The Bertz CT molecular complexity index is 416. The zero-order valence-electron chi connectivity index (χ0n) is 13.0. The van der Waals surface area contributed by atoms with E-state index in [-0.39, 0.29) is 11.4 Å². The number of hydrogen-bond acceptors (Lipinski definition) is 2. The first-order valence-corrected chi connectivity index (χ1v) is 6.87. The molecule has 0 aliphatic carbocycles. The summed E-state index contributed by atoms with van der Waals surface area (Å²) < 4.78 is 5.27. The number of hydrogen-bond donors (Lipinski definition) is 0. The number of carbonyl (C=O) groups is 1. The molecule has 0 aromatic heterocycles. The monoisotopic (exact) mass is 262 g/mol. The third-order valence-electron chi connectivity index (χ3n) is 3.06. The highest BCUT2D eigenvalue weighted by molar-refractivity contribution is 5.75. The fourth-order valence-corrected chi connectivity index (χ4v) is 1.65. The van der Waals surface area contributed by atoms with Crippen molar-refractivity contribution in [3.63, 3.8) is 0 Å². The van der Waals surface area contributed by atoms with Crippen LogP contribution in [-0.4, -0.2) is 12.6 Å². The first-order chi connectivity index (χ1) is 8.60. The van der Waals surface area contributed by atoms with Crippen LogP contribution in [0.5, 0.6) is 0 Å². The largest absolute Gasteiger partial charge is 0.465 e. The molecule has 0 saturated carbocycles. The molecule has 1 aromatic carbocycles. The average molecular weight is 262 g/mol. The van der Waals surface area contributed by atoms with Gasteiger partial charge in [0.1, 0.15) is 0 Å². The molecule has 0 atom stereocenters. The number of benzene rings is 1. The Hall–Kier alpha value is -1.31. The van der Waals surface area contributed by atoms with Crippen LogP contribution in [0.4, 0.5) is 0 Å². The molecule has 0 unspecified atom stereocenters. The Morgan fingerprint density at radius 1 is 1.00 bits per heavy atom. The second kappa shape index (κ2) is 5.77. The molecule has 2 nitrogen and oxygen atoms in total. The number of carbonyl (C=O) groups excluding carboxylic acids is 1. The van der Waals surface area contributed by atoms with E-state index in [0.29, 0.717) is 6.61 Å². The smallest absolute Gasteiger partial charge is 0.311 e. The van der Waals surface area contributed by atoms with Gasteiger partial charge in [-0.05, 0) is 37.3 Å². The summed E-state index contributed by atoms with van der Waals surface area (Å²) in [6.07, 6.45) is 0.770. The summed E-state index contributed by atoms with van der Waals surface area (Å²) >= 11 is 0. The predicted molar refractivity (Wildman–Crippen MR) is 79.3 cm³/mol. The lowest BCUT2D eigenvalue weighted by molar-refractivity contribution is -0.152. The van der Waals surface area contributed by atoms with Crippen LogP contribution in [0.25, 0.3) is 0 Å². The average Bonchev–Trinajstić information content (AvgIpc) is 2.27. The molecule has 0 aliphatic heterocycles. The molecule has 2 heteroatoms. The highest BCUT2D eigenvalue weighted by Gasteiger charge is 2.22. The Kier molecular flexibility index (Phi) is 4.78. The minimum absolute atomic E-state index is 0.140. The summed E-state index contributed by atoms with van der Waals surface area (Å²) in [4.78, 5) is 11.6. The lowest BCUT2D eigenvalue weighted by Crippen LogP contribution is -2.23. The Morgan fingerprint density at radius 3 is 1.95 bits per heavy atom. The van der Waals surface area contributed by atoms with Crippen molar-refractivity contribution in [2.75, 3.05) is 6.61 Å². The number of ether oxygens (including phenoxy) is 1. The van der Waals surface area contributed by atoms with Crippen LogP contribution < -0.4 is 0 Å². The first kappa shape index (κ1) is 15.7. The maximum absolute atomic E-state index is 11.6. The Labute approximate surface area is 117 Å².